The summed E-state index contributed by atoms with van der Waals surface area (Å²) in [7, 11) is 0. The Morgan fingerprint density at radius 3 is 1.80 bits per heavy atom. The third-order valence-corrected chi connectivity index (χ3v) is 13.3. The van der Waals surface area contributed by atoms with Crippen molar-refractivity contribution in [3.63, 3.8) is 0 Å². The van der Waals surface area contributed by atoms with E-state index in [0.717, 1.165) is 50.3 Å². The largest absolute Gasteiger partial charge is 0.456 e. The summed E-state index contributed by atoms with van der Waals surface area (Å²) in [6, 6.07) is 64.5. The van der Waals surface area contributed by atoms with E-state index in [2.05, 4.69) is 162 Å². The Bertz CT molecular complexity index is 3820. The van der Waals surface area contributed by atoms with E-state index in [9.17, 15) is 0 Å². The van der Waals surface area contributed by atoms with Gasteiger partial charge in [0, 0.05) is 37.9 Å². The van der Waals surface area contributed by atoms with E-state index in [1.165, 1.54) is 88.2 Å². The zero-order chi connectivity index (χ0) is 38.3. The van der Waals surface area contributed by atoms with Gasteiger partial charge in [0.1, 0.15) is 22.3 Å². The topological polar surface area (TPSA) is 31.2 Å². The molecule has 1 aliphatic carbocycles. The number of aromatic nitrogens is 1. The fourth-order valence-corrected chi connectivity index (χ4v) is 10.5. The minimum Gasteiger partial charge on any atom is -0.456 e. The van der Waals surface area contributed by atoms with Crippen molar-refractivity contribution in [3.8, 4) is 33.4 Å². The predicted molar refractivity (Wildman–Crippen MR) is 245 cm³/mol. The van der Waals surface area contributed by atoms with Crippen molar-refractivity contribution in [2.24, 2.45) is 0 Å². The van der Waals surface area contributed by atoms with Gasteiger partial charge in [-0.15, -0.1) is 0 Å². The van der Waals surface area contributed by atoms with Gasteiger partial charge in [0.15, 0.2) is 0 Å². The van der Waals surface area contributed by atoms with Crippen LogP contribution < -0.4 is 0 Å². The normalized spacial score (nSPS) is 14.6. The smallest absolute Gasteiger partial charge is 0.135 e. The molecule has 1 unspecified atom stereocenters. The number of para-hydroxylation sites is 2. The lowest BCUT2D eigenvalue weighted by Crippen LogP contribution is -2.13. The summed E-state index contributed by atoms with van der Waals surface area (Å²) in [6.07, 6.45) is 3.40. The molecule has 12 aromatic rings. The van der Waals surface area contributed by atoms with Gasteiger partial charge >= 0.3 is 0 Å². The Kier molecular flexibility index (Phi) is 6.13. The molecule has 0 spiro atoms. The summed E-state index contributed by atoms with van der Waals surface area (Å²) < 4.78 is 15.0. The minimum atomic E-state index is 0.176. The van der Waals surface area contributed by atoms with Gasteiger partial charge < -0.3 is 13.4 Å². The average Bonchev–Trinajstić information content (AvgIpc) is 4.04. The van der Waals surface area contributed by atoms with Crippen LogP contribution in [-0.2, 0) is 6.42 Å². The van der Waals surface area contributed by atoms with Crippen LogP contribution in [0.4, 0.5) is 0 Å². The lowest BCUT2D eigenvalue weighted by atomic mass is 9.82. The Morgan fingerprint density at radius 2 is 1.05 bits per heavy atom. The van der Waals surface area contributed by atoms with Gasteiger partial charge in [-0.2, -0.15) is 0 Å². The molecule has 274 valence electrons. The number of hydrogen-bond donors (Lipinski definition) is 0. The van der Waals surface area contributed by atoms with Gasteiger partial charge in [0.05, 0.1) is 17.1 Å². The first-order chi connectivity index (χ1) is 29.2. The van der Waals surface area contributed by atoms with Gasteiger partial charge in [-0.05, 0) is 128 Å². The molecule has 0 N–H and O–H groups in total. The standard InChI is InChI=1S/C56H33NO2/c1-2-8-32(9-3-1)41-20-21-44-45-26-37-16-14-33(35-18-22-53-46(27-35)42-10-4-6-12-51(42)58-53)24-39(37)30-49(45)57-50-31-40-25-34(15-17-38(40)29-48(50)55(41)56(44)57)36-19-23-54-47(28-36)43-11-5-7-13-52(43)59-54/h1-30,50H,31H2. The van der Waals surface area contributed by atoms with Crippen molar-refractivity contribution in [3.05, 3.63) is 193 Å². The zero-order valence-corrected chi connectivity index (χ0v) is 31.9. The van der Waals surface area contributed by atoms with Crippen LogP contribution in [0.3, 0.4) is 0 Å². The molecule has 0 saturated heterocycles. The van der Waals surface area contributed by atoms with Crippen molar-refractivity contribution in [2.75, 3.05) is 0 Å². The molecule has 4 heterocycles. The first-order valence-electron chi connectivity index (χ1n) is 20.5. The molecule has 0 saturated carbocycles. The lowest BCUT2D eigenvalue weighted by molar-refractivity contribution is 0.668. The number of allylic oxidation sites excluding steroid dienone is 1. The Morgan fingerprint density at radius 1 is 0.424 bits per heavy atom. The fourth-order valence-electron chi connectivity index (χ4n) is 10.5. The van der Waals surface area contributed by atoms with Crippen LogP contribution in [-0.4, -0.2) is 4.57 Å². The molecule has 14 rings (SSSR count). The first kappa shape index (κ1) is 31.5. The van der Waals surface area contributed by atoms with Crippen molar-refractivity contribution < 1.29 is 8.83 Å². The quantitative estimate of drug-likeness (QED) is 0.180. The van der Waals surface area contributed by atoms with Gasteiger partial charge in [-0.3, -0.25) is 0 Å². The maximum atomic E-state index is 6.18. The molecule has 0 fully saturated rings. The van der Waals surface area contributed by atoms with Crippen LogP contribution in [0.25, 0.3) is 121 Å². The lowest BCUT2D eigenvalue weighted by Gasteiger charge is -2.25. The molecule has 0 amide bonds. The summed E-state index contributed by atoms with van der Waals surface area (Å²) in [6.45, 7) is 0. The van der Waals surface area contributed by atoms with Crippen LogP contribution in [0, 0.1) is 0 Å². The molecule has 3 aromatic heterocycles. The second-order valence-corrected chi connectivity index (χ2v) is 16.4. The van der Waals surface area contributed by atoms with Crippen LogP contribution in [0.5, 0.6) is 0 Å². The van der Waals surface area contributed by atoms with Crippen molar-refractivity contribution >= 4 is 88.1 Å². The van der Waals surface area contributed by atoms with E-state index < -0.39 is 0 Å². The number of benzene rings is 9. The molecule has 3 nitrogen and oxygen atoms in total. The SMILES string of the molecule is C1=C2c3c(-c4ccccc4)ccc4c5cc6ccc(-c7ccc8oc9ccccc9c8c7)cc6cc5n(c34)C2Cc2cc(-c3ccc4oc5ccccc5c4c3)ccc21. The summed E-state index contributed by atoms with van der Waals surface area (Å²) in [4.78, 5) is 0. The Hall–Kier alpha value is -7.62. The molecule has 2 aliphatic rings. The first-order valence-corrected chi connectivity index (χ1v) is 20.5. The zero-order valence-electron chi connectivity index (χ0n) is 31.9. The number of furan rings is 2. The van der Waals surface area contributed by atoms with Gasteiger partial charge in [0.2, 0.25) is 0 Å². The Balaban J connectivity index is 0.946. The van der Waals surface area contributed by atoms with E-state index in [-0.39, 0.29) is 6.04 Å². The highest BCUT2D eigenvalue weighted by Crippen LogP contribution is 2.54. The van der Waals surface area contributed by atoms with E-state index >= 15 is 0 Å². The Labute approximate surface area is 338 Å². The van der Waals surface area contributed by atoms with Crippen LogP contribution in [0.1, 0.15) is 22.7 Å². The van der Waals surface area contributed by atoms with Gasteiger partial charge in [0.25, 0.3) is 0 Å². The summed E-state index contributed by atoms with van der Waals surface area (Å²) in [5, 5.41) is 9.74. The molecular formula is C56H33NO2. The molecule has 1 atom stereocenters. The molecule has 59 heavy (non-hydrogen) atoms. The highest BCUT2D eigenvalue weighted by molar-refractivity contribution is 6.20. The van der Waals surface area contributed by atoms with E-state index in [1.807, 2.05) is 24.3 Å². The maximum Gasteiger partial charge on any atom is 0.135 e. The summed E-state index contributed by atoms with van der Waals surface area (Å²) >= 11 is 0. The molecule has 9 aromatic carbocycles. The molecular weight excluding hydrogens is 719 g/mol. The number of rotatable bonds is 3. The summed E-state index contributed by atoms with van der Waals surface area (Å²) in [5.41, 5.74) is 19.2. The van der Waals surface area contributed by atoms with E-state index in [1.54, 1.807) is 0 Å². The molecule has 0 radical (unpaired) electrons. The minimum absolute atomic E-state index is 0.176. The van der Waals surface area contributed by atoms with Crippen LogP contribution in [0.15, 0.2) is 185 Å². The number of fused-ring (bicyclic) bond motifs is 14. The monoisotopic (exact) mass is 751 g/mol. The molecule has 3 heteroatoms. The van der Waals surface area contributed by atoms with Crippen LogP contribution in [0.2, 0.25) is 0 Å². The second-order valence-electron chi connectivity index (χ2n) is 16.4. The maximum absolute atomic E-state index is 6.18. The highest BCUT2D eigenvalue weighted by Gasteiger charge is 2.36. The second kappa shape index (κ2) is 11.5. The average molecular weight is 752 g/mol. The third-order valence-electron chi connectivity index (χ3n) is 13.3. The number of nitrogens with zero attached hydrogens (tertiary/aromatic N) is 1. The van der Waals surface area contributed by atoms with Crippen molar-refractivity contribution in [1.29, 1.82) is 0 Å². The predicted octanol–water partition coefficient (Wildman–Crippen LogP) is 15.4. The summed E-state index contributed by atoms with van der Waals surface area (Å²) in [5.74, 6) is 0. The highest BCUT2D eigenvalue weighted by atomic mass is 16.3. The van der Waals surface area contributed by atoms with E-state index in [0.29, 0.717) is 0 Å². The van der Waals surface area contributed by atoms with Gasteiger partial charge in [-0.25, -0.2) is 0 Å². The van der Waals surface area contributed by atoms with Crippen LogP contribution >= 0.6 is 0 Å². The number of hydrogen-bond acceptors (Lipinski definition) is 2. The van der Waals surface area contributed by atoms with Crippen molar-refractivity contribution in [1.82, 2.24) is 4.57 Å². The molecule has 1 aliphatic heterocycles. The molecule has 0 bridgehead atoms. The van der Waals surface area contributed by atoms with Crippen molar-refractivity contribution in [2.45, 2.75) is 12.5 Å². The van der Waals surface area contributed by atoms with E-state index in [4.69, 9.17) is 8.83 Å². The fraction of sp³-hybridized carbons (Fsp3) is 0.0357. The third kappa shape index (κ3) is 4.42. The van der Waals surface area contributed by atoms with Gasteiger partial charge in [-0.1, -0.05) is 121 Å².